The summed E-state index contributed by atoms with van der Waals surface area (Å²) in [4.78, 5) is 12.6. The minimum atomic E-state index is -0.317. The van der Waals surface area contributed by atoms with E-state index in [1.807, 2.05) is 38.5 Å². The number of aromatic nitrogens is 3. The van der Waals surface area contributed by atoms with Crippen LogP contribution in [0.4, 0.5) is 5.69 Å². The van der Waals surface area contributed by atoms with Gasteiger partial charge < -0.3 is 14.3 Å². The molecule has 0 radical (unpaired) electrons. The fourth-order valence-corrected chi connectivity index (χ4v) is 3.67. The number of hydrogen-bond acceptors (Lipinski definition) is 5. The Bertz CT molecular complexity index is 908. The van der Waals surface area contributed by atoms with Gasteiger partial charge >= 0.3 is 0 Å². The molecule has 1 N–H and O–H groups in total. The lowest BCUT2D eigenvalue weighted by Gasteiger charge is -2.16. The van der Waals surface area contributed by atoms with E-state index in [-0.39, 0.29) is 11.2 Å². The highest BCUT2D eigenvalue weighted by Gasteiger charge is 2.21. The molecule has 0 bridgehead atoms. The molecule has 7 heteroatoms. The molecule has 2 aromatic heterocycles. The van der Waals surface area contributed by atoms with Gasteiger partial charge in [-0.2, -0.15) is 0 Å². The Labute approximate surface area is 157 Å². The number of amides is 1. The van der Waals surface area contributed by atoms with Gasteiger partial charge in [-0.05, 0) is 51.0 Å². The summed E-state index contributed by atoms with van der Waals surface area (Å²) in [5.74, 6) is 1.22. The number of furan rings is 1. The standard InChI is InChI=1S/C19H22N4O2S/c1-11-9-12(2)16(13(3)10-11)20-18(24)14(4)26-19-22-21-17(23(19)5)15-7-6-8-25-15/h6-10,14H,1-5H3,(H,20,24). The van der Waals surface area contributed by atoms with Crippen LogP contribution >= 0.6 is 11.8 Å². The van der Waals surface area contributed by atoms with E-state index in [1.54, 1.807) is 12.3 Å². The van der Waals surface area contributed by atoms with Crippen molar-refractivity contribution in [1.82, 2.24) is 14.8 Å². The van der Waals surface area contributed by atoms with Gasteiger partial charge in [0.1, 0.15) is 0 Å². The van der Waals surface area contributed by atoms with Crippen LogP contribution in [0.15, 0.2) is 40.1 Å². The lowest BCUT2D eigenvalue weighted by atomic mass is 10.1. The maximum atomic E-state index is 12.6. The van der Waals surface area contributed by atoms with Gasteiger partial charge in [-0.25, -0.2) is 0 Å². The Balaban J connectivity index is 1.73. The number of hydrogen-bond donors (Lipinski definition) is 1. The Morgan fingerprint density at radius 3 is 2.54 bits per heavy atom. The van der Waals surface area contributed by atoms with Crippen molar-refractivity contribution in [2.75, 3.05) is 5.32 Å². The van der Waals surface area contributed by atoms with Crippen LogP contribution in [0.2, 0.25) is 0 Å². The van der Waals surface area contributed by atoms with Crippen LogP contribution in [0.25, 0.3) is 11.6 Å². The third-order valence-corrected chi connectivity index (χ3v) is 5.29. The Morgan fingerprint density at radius 2 is 1.92 bits per heavy atom. The number of thioether (sulfide) groups is 1. The number of carbonyl (C=O) groups is 1. The molecule has 3 aromatic rings. The van der Waals surface area contributed by atoms with Crippen molar-refractivity contribution in [2.45, 2.75) is 38.1 Å². The minimum Gasteiger partial charge on any atom is -0.461 e. The number of aryl methyl sites for hydroxylation is 3. The molecule has 0 saturated heterocycles. The van der Waals surface area contributed by atoms with Crippen molar-refractivity contribution in [2.24, 2.45) is 7.05 Å². The van der Waals surface area contributed by atoms with E-state index < -0.39 is 0 Å². The van der Waals surface area contributed by atoms with Crippen LogP contribution in [0.5, 0.6) is 0 Å². The van der Waals surface area contributed by atoms with Gasteiger partial charge in [0.25, 0.3) is 0 Å². The molecule has 3 rings (SSSR count). The van der Waals surface area contributed by atoms with Gasteiger partial charge in [0.15, 0.2) is 16.7 Å². The summed E-state index contributed by atoms with van der Waals surface area (Å²) in [7, 11) is 1.86. The molecule has 0 aliphatic heterocycles. The molecule has 26 heavy (non-hydrogen) atoms. The van der Waals surface area contributed by atoms with E-state index >= 15 is 0 Å². The summed E-state index contributed by atoms with van der Waals surface area (Å²) in [6.45, 7) is 7.92. The first-order valence-corrected chi connectivity index (χ1v) is 9.23. The van der Waals surface area contributed by atoms with Crippen molar-refractivity contribution < 1.29 is 9.21 Å². The zero-order chi connectivity index (χ0) is 18.8. The van der Waals surface area contributed by atoms with Gasteiger partial charge in [-0.15, -0.1) is 10.2 Å². The van der Waals surface area contributed by atoms with Crippen LogP contribution in [0, 0.1) is 20.8 Å². The molecule has 1 amide bonds. The molecular formula is C19H22N4O2S. The third-order valence-electron chi connectivity index (χ3n) is 4.15. The molecule has 0 fully saturated rings. The fraction of sp³-hybridized carbons (Fsp3) is 0.316. The molecule has 0 aliphatic rings. The average molecular weight is 370 g/mol. The summed E-state index contributed by atoms with van der Waals surface area (Å²) < 4.78 is 7.20. The first-order chi connectivity index (χ1) is 12.4. The number of nitrogens with zero attached hydrogens (tertiary/aromatic N) is 3. The van der Waals surface area contributed by atoms with Crippen LogP contribution in [0.3, 0.4) is 0 Å². The van der Waals surface area contributed by atoms with E-state index in [1.165, 1.54) is 17.3 Å². The molecule has 1 unspecified atom stereocenters. The van der Waals surface area contributed by atoms with Crippen molar-refractivity contribution in [3.63, 3.8) is 0 Å². The highest BCUT2D eigenvalue weighted by molar-refractivity contribution is 8.00. The Hall–Kier alpha value is -2.54. The number of carbonyl (C=O) groups excluding carboxylic acids is 1. The highest BCUT2D eigenvalue weighted by atomic mass is 32.2. The number of benzene rings is 1. The molecule has 2 heterocycles. The summed E-state index contributed by atoms with van der Waals surface area (Å²) in [5, 5.41) is 11.7. The SMILES string of the molecule is Cc1cc(C)c(NC(=O)C(C)Sc2nnc(-c3ccco3)n2C)c(C)c1. The van der Waals surface area contributed by atoms with Gasteiger partial charge in [0.2, 0.25) is 5.91 Å². The average Bonchev–Trinajstić information content (AvgIpc) is 3.21. The normalized spacial score (nSPS) is 12.2. The maximum absolute atomic E-state index is 12.6. The Kier molecular flexibility index (Phi) is 5.18. The Morgan fingerprint density at radius 1 is 1.23 bits per heavy atom. The van der Waals surface area contributed by atoms with Crippen molar-refractivity contribution in [3.05, 3.63) is 47.2 Å². The molecule has 6 nitrogen and oxygen atoms in total. The van der Waals surface area contributed by atoms with E-state index in [9.17, 15) is 4.79 Å². The van der Waals surface area contributed by atoms with Crippen molar-refractivity contribution in [1.29, 1.82) is 0 Å². The number of anilines is 1. The maximum Gasteiger partial charge on any atom is 0.237 e. The van der Waals surface area contributed by atoms with Gasteiger partial charge in [-0.3, -0.25) is 4.79 Å². The van der Waals surface area contributed by atoms with Gasteiger partial charge in [0.05, 0.1) is 11.5 Å². The van der Waals surface area contributed by atoms with Gasteiger partial charge in [-0.1, -0.05) is 29.5 Å². The van der Waals surface area contributed by atoms with Gasteiger partial charge in [0, 0.05) is 12.7 Å². The highest BCUT2D eigenvalue weighted by Crippen LogP contribution is 2.28. The van der Waals surface area contributed by atoms with Crippen LogP contribution in [0.1, 0.15) is 23.6 Å². The first kappa shape index (κ1) is 18.3. The van der Waals surface area contributed by atoms with E-state index in [2.05, 4.69) is 34.6 Å². The second kappa shape index (κ2) is 7.37. The summed E-state index contributed by atoms with van der Waals surface area (Å²) >= 11 is 1.37. The monoisotopic (exact) mass is 370 g/mol. The lowest BCUT2D eigenvalue weighted by molar-refractivity contribution is -0.115. The zero-order valence-corrected chi connectivity index (χ0v) is 16.3. The second-order valence-electron chi connectivity index (χ2n) is 6.37. The molecule has 1 aromatic carbocycles. The quantitative estimate of drug-likeness (QED) is 0.684. The minimum absolute atomic E-state index is 0.0624. The van der Waals surface area contributed by atoms with E-state index in [0.717, 1.165) is 16.8 Å². The summed E-state index contributed by atoms with van der Waals surface area (Å²) in [6, 6.07) is 7.77. The van der Waals surface area contributed by atoms with Crippen molar-refractivity contribution in [3.8, 4) is 11.6 Å². The number of rotatable bonds is 5. The predicted octanol–water partition coefficient (Wildman–Crippen LogP) is 4.12. The topological polar surface area (TPSA) is 73.0 Å². The third kappa shape index (κ3) is 3.67. The molecule has 0 spiro atoms. The largest absolute Gasteiger partial charge is 0.461 e. The second-order valence-corrected chi connectivity index (χ2v) is 7.67. The zero-order valence-electron chi connectivity index (χ0n) is 15.5. The fourth-order valence-electron chi connectivity index (χ4n) is 2.85. The molecule has 0 aliphatic carbocycles. The van der Waals surface area contributed by atoms with Crippen LogP contribution < -0.4 is 5.32 Å². The molecular weight excluding hydrogens is 348 g/mol. The van der Waals surface area contributed by atoms with E-state index in [0.29, 0.717) is 16.7 Å². The lowest BCUT2D eigenvalue weighted by Crippen LogP contribution is -2.23. The van der Waals surface area contributed by atoms with Crippen molar-refractivity contribution >= 4 is 23.4 Å². The number of nitrogens with one attached hydrogen (secondary N) is 1. The molecule has 136 valence electrons. The van der Waals surface area contributed by atoms with Crippen LogP contribution in [-0.4, -0.2) is 25.9 Å². The smallest absolute Gasteiger partial charge is 0.237 e. The molecule has 0 saturated carbocycles. The summed E-state index contributed by atoms with van der Waals surface area (Å²) in [5.41, 5.74) is 4.19. The summed E-state index contributed by atoms with van der Waals surface area (Å²) in [6.07, 6.45) is 1.60. The first-order valence-electron chi connectivity index (χ1n) is 8.35. The van der Waals surface area contributed by atoms with Crippen LogP contribution in [-0.2, 0) is 11.8 Å². The molecule has 1 atom stereocenters. The predicted molar refractivity (Wildman–Crippen MR) is 103 cm³/mol. The van der Waals surface area contributed by atoms with E-state index in [4.69, 9.17) is 4.42 Å².